The second-order valence-corrected chi connectivity index (χ2v) is 7.21. The van der Waals surface area contributed by atoms with Gasteiger partial charge in [-0.25, -0.2) is 9.97 Å². The molecule has 0 atom stereocenters. The van der Waals surface area contributed by atoms with E-state index in [0.29, 0.717) is 18.9 Å². The summed E-state index contributed by atoms with van der Waals surface area (Å²) in [6.07, 6.45) is 4.10. The van der Waals surface area contributed by atoms with Crippen molar-refractivity contribution in [1.29, 1.82) is 0 Å². The molecule has 156 valence electrons. The fourth-order valence-electron chi connectivity index (χ4n) is 3.59. The first-order chi connectivity index (χ1) is 14.1. The number of nitrogens with zero attached hydrogens (tertiary/aromatic N) is 3. The van der Waals surface area contributed by atoms with Gasteiger partial charge >= 0.3 is 0 Å². The molecule has 0 unspecified atom stereocenters. The number of aromatic nitrogens is 2. The van der Waals surface area contributed by atoms with Crippen LogP contribution in [0, 0.1) is 13.8 Å². The number of hydrogen-bond acceptors (Lipinski definition) is 6. The molecule has 1 N–H and O–H groups in total. The number of carbonyl (C=O) groups is 1. The first kappa shape index (κ1) is 21.2. The molecule has 0 spiro atoms. The highest BCUT2D eigenvalue weighted by atomic mass is 16.5. The Morgan fingerprint density at radius 3 is 2.59 bits per heavy atom. The molecule has 1 aliphatic rings. The number of aryl methyl sites for hydroxylation is 2. The number of benzene rings is 1. The molecule has 3 rings (SSSR count). The van der Waals surface area contributed by atoms with Crippen LogP contribution < -0.4 is 10.1 Å². The smallest absolute Gasteiger partial charge is 0.250 e. The van der Waals surface area contributed by atoms with Crippen molar-refractivity contribution in [3.05, 3.63) is 35.9 Å². The highest BCUT2D eigenvalue weighted by Crippen LogP contribution is 2.35. The third-order valence-electron chi connectivity index (χ3n) is 5.06. The van der Waals surface area contributed by atoms with E-state index < -0.39 is 0 Å². The van der Waals surface area contributed by atoms with Gasteiger partial charge in [0.2, 0.25) is 5.91 Å². The van der Waals surface area contributed by atoms with E-state index in [2.05, 4.69) is 20.2 Å². The van der Waals surface area contributed by atoms with Gasteiger partial charge in [-0.2, -0.15) is 0 Å². The monoisotopic (exact) mass is 398 g/mol. The van der Waals surface area contributed by atoms with Gasteiger partial charge in [0.1, 0.15) is 25.3 Å². The number of hydrogen-bond donors (Lipinski definition) is 1. The SMILES string of the molecule is CCOCC(=O)Nc1ccc(OCCN2CCCC2)c(-c2c(C)ncnc2C)c1. The predicted molar refractivity (Wildman–Crippen MR) is 113 cm³/mol. The summed E-state index contributed by atoms with van der Waals surface area (Å²) >= 11 is 0. The lowest BCUT2D eigenvalue weighted by molar-refractivity contribution is -0.120. The zero-order valence-corrected chi connectivity index (χ0v) is 17.5. The highest BCUT2D eigenvalue weighted by Gasteiger charge is 2.16. The standard InChI is InChI=1S/C22H30N4O3/c1-4-28-14-21(27)25-18-7-8-20(29-12-11-26-9-5-6-10-26)19(13-18)22-16(2)23-15-24-17(22)3/h7-8,13,15H,4-6,9-12,14H2,1-3H3,(H,25,27). The molecule has 29 heavy (non-hydrogen) atoms. The Morgan fingerprint density at radius 2 is 1.90 bits per heavy atom. The maximum absolute atomic E-state index is 12.1. The summed E-state index contributed by atoms with van der Waals surface area (Å²) in [5.41, 5.74) is 4.26. The number of anilines is 1. The lowest BCUT2D eigenvalue weighted by atomic mass is 10.0. The van der Waals surface area contributed by atoms with Gasteiger partial charge in [0.05, 0.1) is 0 Å². The predicted octanol–water partition coefficient (Wildman–Crippen LogP) is 3.21. The van der Waals surface area contributed by atoms with E-state index in [4.69, 9.17) is 9.47 Å². The summed E-state index contributed by atoms with van der Waals surface area (Å²) < 4.78 is 11.3. The molecule has 1 saturated heterocycles. The molecule has 1 fully saturated rings. The van der Waals surface area contributed by atoms with E-state index in [0.717, 1.165) is 47.9 Å². The maximum Gasteiger partial charge on any atom is 0.250 e. The lowest BCUT2D eigenvalue weighted by Crippen LogP contribution is -2.25. The van der Waals surface area contributed by atoms with Gasteiger partial charge in [0.15, 0.2) is 0 Å². The van der Waals surface area contributed by atoms with Crippen LogP contribution in [0.25, 0.3) is 11.1 Å². The van der Waals surface area contributed by atoms with Crippen molar-refractivity contribution in [3.8, 4) is 16.9 Å². The average molecular weight is 399 g/mol. The average Bonchev–Trinajstić information content (AvgIpc) is 3.21. The largest absolute Gasteiger partial charge is 0.492 e. The molecule has 0 saturated carbocycles. The number of amides is 1. The van der Waals surface area contributed by atoms with Gasteiger partial charge in [-0.05, 0) is 64.9 Å². The fourth-order valence-corrected chi connectivity index (χ4v) is 3.59. The second-order valence-electron chi connectivity index (χ2n) is 7.21. The topological polar surface area (TPSA) is 76.6 Å². The minimum atomic E-state index is -0.182. The van der Waals surface area contributed by atoms with E-state index in [9.17, 15) is 4.79 Å². The van der Waals surface area contributed by atoms with E-state index in [-0.39, 0.29) is 12.5 Å². The molecular formula is C22H30N4O3. The van der Waals surface area contributed by atoms with Crippen LogP contribution in [-0.4, -0.2) is 60.2 Å². The molecule has 1 aromatic carbocycles. The molecule has 0 radical (unpaired) electrons. The van der Waals surface area contributed by atoms with Gasteiger partial charge in [-0.3, -0.25) is 9.69 Å². The quantitative estimate of drug-likeness (QED) is 0.699. The van der Waals surface area contributed by atoms with Crippen molar-refractivity contribution < 1.29 is 14.3 Å². The zero-order chi connectivity index (χ0) is 20.6. The molecule has 1 amide bonds. The Hall–Kier alpha value is -2.51. The normalized spacial score (nSPS) is 14.2. The van der Waals surface area contributed by atoms with Gasteiger partial charge in [0.25, 0.3) is 0 Å². The van der Waals surface area contributed by atoms with Crippen LogP contribution >= 0.6 is 0 Å². The van der Waals surface area contributed by atoms with Crippen LogP contribution in [0.5, 0.6) is 5.75 Å². The third-order valence-corrected chi connectivity index (χ3v) is 5.06. The van der Waals surface area contributed by atoms with Gasteiger partial charge in [-0.1, -0.05) is 0 Å². The molecule has 7 nitrogen and oxygen atoms in total. The van der Waals surface area contributed by atoms with Crippen molar-refractivity contribution >= 4 is 11.6 Å². The first-order valence-corrected chi connectivity index (χ1v) is 10.2. The number of nitrogens with one attached hydrogen (secondary N) is 1. The van der Waals surface area contributed by atoms with Crippen molar-refractivity contribution in [2.24, 2.45) is 0 Å². The molecule has 1 aromatic heterocycles. The zero-order valence-electron chi connectivity index (χ0n) is 17.5. The molecule has 1 aliphatic heterocycles. The number of likely N-dealkylation sites (tertiary alicyclic amines) is 1. The molecule has 2 aromatic rings. The Labute approximate surface area is 172 Å². The van der Waals surface area contributed by atoms with Crippen LogP contribution in [0.2, 0.25) is 0 Å². The lowest BCUT2D eigenvalue weighted by Gasteiger charge is -2.18. The highest BCUT2D eigenvalue weighted by molar-refractivity contribution is 5.93. The third kappa shape index (κ3) is 5.74. The van der Waals surface area contributed by atoms with Gasteiger partial charge < -0.3 is 14.8 Å². The van der Waals surface area contributed by atoms with Gasteiger partial charge in [-0.15, -0.1) is 0 Å². The van der Waals surface area contributed by atoms with Crippen molar-refractivity contribution in [2.45, 2.75) is 33.6 Å². The van der Waals surface area contributed by atoms with Crippen LogP contribution in [0.1, 0.15) is 31.2 Å². The van der Waals surface area contributed by atoms with Crippen LogP contribution in [-0.2, 0) is 9.53 Å². The van der Waals surface area contributed by atoms with Crippen LogP contribution in [0.4, 0.5) is 5.69 Å². The molecule has 7 heteroatoms. The second kappa shape index (κ2) is 10.3. The number of rotatable bonds is 9. The van der Waals surface area contributed by atoms with Crippen LogP contribution in [0.3, 0.4) is 0 Å². The molecular weight excluding hydrogens is 368 g/mol. The summed E-state index contributed by atoms with van der Waals surface area (Å²) in [5.74, 6) is 0.589. The minimum Gasteiger partial charge on any atom is -0.492 e. The van der Waals surface area contributed by atoms with Crippen molar-refractivity contribution in [2.75, 3.05) is 44.8 Å². The molecule has 2 heterocycles. The number of ether oxygens (including phenoxy) is 2. The first-order valence-electron chi connectivity index (χ1n) is 10.2. The van der Waals surface area contributed by atoms with Crippen LogP contribution in [0.15, 0.2) is 24.5 Å². The van der Waals surface area contributed by atoms with Crippen molar-refractivity contribution in [3.63, 3.8) is 0 Å². The number of carbonyl (C=O) groups excluding carboxylic acids is 1. The minimum absolute atomic E-state index is 0.0341. The van der Waals surface area contributed by atoms with E-state index >= 15 is 0 Å². The Bertz CT molecular complexity index is 815. The Kier molecular flexibility index (Phi) is 7.55. The van der Waals surface area contributed by atoms with Crippen molar-refractivity contribution in [1.82, 2.24) is 14.9 Å². The summed E-state index contributed by atoms with van der Waals surface area (Å²) in [6, 6.07) is 5.68. The summed E-state index contributed by atoms with van der Waals surface area (Å²) in [7, 11) is 0. The molecule has 0 bridgehead atoms. The van der Waals surface area contributed by atoms with E-state index in [1.165, 1.54) is 12.8 Å². The fraction of sp³-hybridized carbons (Fsp3) is 0.500. The van der Waals surface area contributed by atoms with E-state index in [1.54, 1.807) is 6.33 Å². The Morgan fingerprint density at radius 1 is 1.17 bits per heavy atom. The van der Waals surface area contributed by atoms with E-state index in [1.807, 2.05) is 39.0 Å². The summed E-state index contributed by atoms with van der Waals surface area (Å²) in [6.45, 7) is 10.1. The maximum atomic E-state index is 12.1. The van der Waals surface area contributed by atoms with Gasteiger partial charge in [0, 0.05) is 41.4 Å². The molecule has 0 aliphatic carbocycles. The summed E-state index contributed by atoms with van der Waals surface area (Å²) in [4.78, 5) is 23.2. The summed E-state index contributed by atoms with van der Waals surface area (Å²) in [5, 5.41) is 2.89. The Balaban J connectivity index is 1.83.